The first-order valence-corrected chi connectivity index (χ1v) is 8.56. The molecule has 0 aromatic heterocycles. The number of nitro groups is 1. The van der Waals surface area contributed by atoms with Crippen LogP contribution in [0.1, 0.15) is 33.1 Å². The van der Waals surface area contributed by atoms with Gasteiger partial charge in [0, 0.05) is 18.2 Å². The average Bonchev–Trinajstić information content (AvgIpc) is 2.44. The van der Waals surface area contributed by atoms with E-state index in [0.29, 0.717) is 5.92 Å². The van der Waals surface area contributed by atoms with Crippen molar-refractivity contribution in [3.63, 3.8) is 0 Å². The number of nitrogens with zero attached hydrogens (tertiary/aromatic N) is 1. The van der Waals surface area contributed by atoms with Gasteiger partial charge in [0.15, 0.2) is 0 Å². The van der Waals surface area contributed by atoms with E-state index < -0.39 is 14.9 Å². The van der Waals surface area contributed by atoms with Crippen LogP contribution in [0.4, 0.5) is 5.69 Å². The van der Waals surface area contributed by atoms with Crippen molar-refractivity contribution in [1.82, 2.24) is 4.72 Å². The fraction of sp³-hybridized carbons (Fsp3) is 0.571. The van der Waals surface area contributed by atoms with E-state index in [0.717, 1.165) is 19.3 Å². The van der Waals surface area contributed by atoms with Crippen molar-refractivity contribution in [1.29, 1.82) is 0 Å². The highest BCUT2D eigenvalue weighted by molar-refractivity contribution is 7.89. The number of nitro benzene ring substituents is 1. The van der Waals surface area contributed by atoms with Crippen LogP contribution in [0.2, 0.25) is 0 Å². The fourth-order valence-corrected chi connectivity index (χ4v) is 4.12. The molecular weight excluding hydrogens is 292 g/mol. The summed E-state index contributed by atoms with van der Waals surface area (Å²) in [5.74, 6) is 0.773. The number of hydrogen-bond donors (Lipinski definition) is 1. The first-order valence-electron chi connectivity index (χ1n) is 7.08. The van der Waals surface area contributed by atoms with Gasteiger partial charge in [-0.15, -0.1) is 0 Å². The zero-order valence-electron chi connectivity index (χ0n) is 12.2. The molecule has 0 amide bonds. The highest BCUT2D eigenvalue weighted by Crippen LogP contribution is 2.30. The lowest BCUT2D eigenvalue weighted by Gasteiger charge is -2.34. The number of rotatable bonds is 4. The van der Waals surface area contributed by atoms with Crippen molar-refractivity contribution in [2.75, 3.05) is 0 Å². The summed E-state index contributed by atoms with van der Waals surface area (Å²) in [5, 5.41) is 10.6. The summed E-state index contributed by atoms with van der Waals surface area (Å²) in [7, 11) is -3.63. The number of sulfonamides is 1. The lowest BCUT2D eigenvalue weighted by molar-refractivity contribution is -0.384. The van der Waals surface area contributed by atoms with E-state index in [-0.39, 0.29) is 22.5 Å². The minimum atomic E-state index is -3.63. The molecule has 3 unspecified atom stereocenters. The molecule has 3 atom stereocenters. The SMILES string of the molecule is CC1CCCC(NS(=O)(=O)c2ccc([N+](=O)[O-])cc2)C1C. The summed E-state index contributed by atoms with van der Waals surface area (Å²) < 4.78 is 27.4. The third kappa shape index (κ3) is 3.59. The van der Waals surface area contributed by atoms with Crippen LogP contribution in [-0.2, 0) is 10.0 Å². The van der Waals surface area contributed by atoms with Crippen LogP contribution >= 0.6 is 0 Å². The first-order chi connectivity index (χ1) is 9.81. The van der Waals surface area contributed by atoms with Gasteiger partial charge in [-0.3, -0.25) is 10.1 Å². The van der Waals surface area contributed by atoms with Crippen molar-refractivity contribution in [2.45, 2.75) is 44.0 Å². The molecule has 1 N–H and O–H groups in total. The van der Waals surface area contributed by atoms with E-state index in [2.05, 4.69) is 18.6 Å². The minimum absolute atomic E-state index is 0.0681. The van der Waals surface area contributed by atoms with E-state index in [4.69, 9.17) is 0 Å². The topological polar surface area (TPSA) is 89.3 Å². The summed E-state index contributed by atoms with van der Waals surface area (Å²) in [6, 6.07) is 4.89. The Balaban J connectivity index is 2.16. The fourth-order valence-electron chi connectivity index (χ4n) is 2.76. The van der Waals surface area contributed by atoms with Crippen molar-refractivity contribution in [3.05, 3.63) is 34.4 Å². The van der Waals surface area contributed by atoms with Gasteiger partial charge in [0.25, 0.3) is 5.69 Å². The van der Waals surface area contributed by atoms with Crippen LogP contribution in [0, 0.1) is 22.0 Å². The third-order valence-electron chi connectivity index (χ3n) is 4.37. The summed E-state index contributed by atoms with van der Waals surface area (Å²) >= 11 is 0. The lowest BCUT2D eigenvalue weighted by atomic mass is 9.78. The third-order valence-corrected chi connectivity index (χ3v) is 5.88. The molecule has 7 heteroatoms. The van der Waals surface area contributed by atoms with Gasteiger partial charge in [0.1, 0.15) is 0 Å². The van der Waals surface area contributed by atoms with Crippen LogP contribution in [0.25, 0.3) is 0 Å². The van der Waals surface area contributed by atoms with Crippen molar-refractivity contribution in [2.24, 2.45) is 11.8 Å². The highest BCUT2D eigenvalue weighted by atomic mass is 32.2. The quantitative estimate of drug-likeness (QED) is 0.683. The predicted molar refractivity (Wildman–Crippen MR) is 79.4 cm³/mol. The summed E-state index contributed by atoms with van der Waals surface area (Å²) in [6.07, 6.45) is 2.97. The molecule has 1 aromatic rings. The normalized spacial score (nSPS) is 26.5. The molecule has 6 nitrogen and oxygen atoms in total. The molecule has 1 saturated carbocycles. The van der Waals surface area contributed by atoms with E-state index in [1.807, 2.05) is 0 Å². The Hall–Kier alpha value is -1.47. The molecule has 0 spiro atoms. The molecule has 1 aromatic carbocycles. The molecule has 1 aliphatic carbocycles. The van der Waals surface area contributed by atoms with Gasteiger partial charge in [0.05, 0.1) is 9.82 Å². The predicted octanol–water partition coefficient (Wildman–Crippen LogP) is 2.70. The second-order valence-electron chi connectivity index (χ2n) is 5.75. The summed E-state index contributed by atoms with van der Waals surface area (Å²) in [6.45, 7) is 4.20. The Morgan fingerprint density at radius 3 is 2.38 bits per heavy atom. The smallest absolute Gasteiger partial charge is 0.258 e. The Labute approximate surface area is 124 Å². The zero-order valence-corrected chi connectivity index (χ0v) is 13.0. The van der Waals surface area contributed by atoms with Gasteiger partial charge in [0.2, 0.25) is 10.0 Å². The molecule has 0 radical (unpaired) electrons. The minimum Gasteiger partial charge on any atom is -0.258 e. The largest absolute Gasteiger partial charge is 0.269 e. The van der Waals surface area contributed by atoms with E-state index in [1.54, 1.807) is 0 Å². The van der Waals surface area contributed by atoms with Crippen LogP contribution < -0.4 is 4.72 Å². The standard InChI is InChI=1S/C14H20N2O4S/c1-10-4-3-5-14(11(10)2)15-21(19,20)13-8-6-12(7-9-13)16(17)18/h6-11,14-15H,3-5H2,1-2H3. The van der Waals surface area contributed by atoms with E-state index in [9.17, 15) is 18.5 Å². The highest BCUT2D eigenvalue weighted by Gasteiger charge is 2.30. The second kappa shape index (κ2) is 6.11. The van der Waals surface area contributed by atoms with Gasteiger partial charge in [-0.2, -0.15) is 0 Å². The Morgan fingerprint density at radius 1 is 1.19 bits per heavy atom. The first kappa shape index (κ1) is 15.9. The van der Waals surface area contributed by atoms with Crippen LogP contribution in [0.15, 0.2) is 29.2 Å². The van der Waals surface area contributed by atoms with Crippen molar-refractivity contribution < 1.29 is 13.3 Å². The zero-order chi connectivity index (χ0) is 15.6. The molecule has 2 rings (SSSR count). The molecule has 0 saturated heterocycles. The van der Waals surface area contributed by atoms with E-state index in [1.165, 1.54) is 24.3 Å². The lowest BCUT2D eigenvalue weighted by Crippen LogP contribution is -2.43. The molecule has 0 aliphatic heterocycles. The van der Waals surface area contributed by atoms with Crippen molar-refractivity contribution in [3.8, 4) is 0 Å². The van der Waals surface area contributed by atoms with Gasteiger partial charge in [-0.25, -0.2) is 13.1 Å². The maximum absolute atomic E-state index is 12.4. The van der Waals surface area contributed by atoms with Crippen LogP contribution in [0.3, 0.4) is 0 Å². The molecule has 0 bridgehead atoms. The number of non-ortho nitro benzene ring substituents is 1. The molecule has 1 aliphatic rings. The summed E-state index contributed by atoms with van der Waals surface area (Å²) in [4.78, 5) is 10.1. The van der Waals surface area contributed by atoms with Gasteiger partial charge >= 0.3 is 0 Å². The Bertz CT molecular complexity index is 612. The van der Waals surface area contributed by atoms with Crippen molar-refractivity contribution >= 4 is 15.7 Å². The van der Waals surface area contributed by atoms with Crippen LogP contribution in [0.5, 0.6) is 0 Å². The molecular formula is C14H20N2O4S. The molecule has 116 valence electrons. The van der Waals surface area contributed by atoms with E-state index >= 15 is 0 Å². The maximum atomic E-state index is 12.4. The average molecular weight is 312 g/mol. The second-order valence-corrected chi connectivity index (χ2v) is 7.46. The van der Waals surface area contributed by atoms with Gasteiger partial charge in [-0.05, 0) is 30.4 Å². The molecule has 1 fully saturated rings. The molecule has 21 heavy (non-hydrogen) atoms. The Morgan fingerprint density at radius 2 is 1.81 bits per heavy atom. The number of benzene rings is 1. The monoisotopic (exact) mass is 312 g/mol. The summed E-state index contributed by atoms with van der Waals surface area (Å²) in [5.41, 5.74) is -0.117. The molecule has 0 heterocycles. The number of hydrogen-bond acceptors (Lipinski definition) is 4. The van der Waals surface area contributed by atoms with Gasteiger partial charge < -0.3 is 0 Å². The number of nitrogens with one attached hydrogen (secondary N) is 1. The maximum Gasteiger partial charge on any atom is 0.269 e. The Kier molecular flexibility index (Phi) is 4.63. The van der Waals surface area contributed by atoms with Crippen LogP contribution in [-0.4, -0.2) is 19.4 Å². The van der Waals surface area contributed by atoms with Gasteiger partial charge in [-0.1, -0.05) is 26.7 Å².